The summed E-state index contributed by atoms with van der Waals surface area (Å²) in [5.74, 6) is 0. The van der Waals surface area contributed by atoms with Crippen LogP contribution in [0, 0.1) is 0 Å². The van der Waals surface area contributed by atoms with E-state index in [0.29, 0.717) is 0 Å². The molecular weight excluding hydrogens is 625 g/mol. The molecule has 0 aromatic heterocycles. The van der Waals surface area contributed by atoms with Crippen LogP contribution in [0.1, 0.15) is 49.9 Å². The highest BCUT2D eigenvalue weighted by Gasteiger charge is 2.37. The van der Waals surface area contributed by atoms with E-state index < -0.39 is 0 Å². The summed E-state index contributed by atoms with van der Waals surface area (Å²) < 4.78 is 0. The highest BCUT2D eigenvalue weighted by molar-refractivity contribution is 6.23. The summed E-state index contributed by atoms with van der Waals surface area (Å²) in [6, 6.07) is 59.8. The van der Waals surface area contributed by atoms with Crippen molar-refractivity contribution >= 4 is 43.1 Å². The standard InChI is InChI=1S/C52H38/c1-51(2)47-21-13-11-19-35(47)45-27-41-37(31-15-7-5-8-16-31)24-33-23-34-25-38(32-17-9-6-10-18-32)42-28-46-36-20-12-14-22-48(36)52(3,4)50(46)30-44(42)40(34)26-39(33)43(41)29-49(45)51/h5-30H,1-4H3. The van der Waals surface area contributed by atoms with Crippen LogP contribution >= 0.6 is 0 Å². The molecule has 11 rings (SSSR count). The molecule has 0 N–H and O–H groups in total. The highest BCUT2D eigenvalue weighted by Crippen LogP contribution is 2.54. The molecule has 0 heterocycles. The molecule has 0 bridgehead atoms. The van der Waals surface area contributed by atoms with E-state index in [0.717, 1.165) is 0 Å². The molecule has 0 aliphatic heterocycles. The first kappa shape index (κ1) is 29.7. The fourth-order valence-corrected chi connectivity index (χ4v) is 9.91. The van der Waals surface area contributed by atoms with Gasteiger partial charge in [-0.05, 0) is 158 Å². The SMILES string of the molecule is CC1(C)c2ccccc2-c2cc3c(-c4ccccc4)cc4cc5cc(-c6ccccc6)c6cc7c(cc6c5cc4c3cc21)C(C)(C)c1ccccc1-7. The topological polar surface area (TPSA) is 0 Å². The molecule has 0 unspecified atom stereocenters. The number of hydrogen-bond acceptors (Lipinski definition) is 0. The van der Waals surface area contributed by atoms with Crippen LogP contribution in [-0.2, 0) is 10.8 Å². The van der Waals surface area contributed by atoms with Crippen molar-refractivity contribution in [3.05, 3.63) is 180 Å². The van der Waals surface area contributed by atoms with Crippen molar-refractivity contribution in [3.63, 3.8) is 0 Å². The van der Waals surface area contributed by atoms with Gasteiger partial charge in [-0.1, -0.05) is 137 Å². The van der Waals surface area contributed by atoms with Crippen molar-refractivity contribution in [2.45, 2.75) is 38.5 Å². The molecule has 0 spiro atoms. The molecule has 2 aliphatic rings. The summed E-state index contributed by atoms with van der Waals surface area (Å²) in [5, 5.41) is 10.5. The van der Waals surface area contributed by atoms with Crippen LogP contribution < -0.4 is 0 Å². The predicted octanol–water partition coefficient (Wildman–Crippen LogP) is 14.2. The van der Waals surface area contributed by atoms with Gasteiger partial charge in [0.15, 0.2) is 0 Å². The van der Waals surface area contributed by atoms with Gasteiger partial charge < -0.3 is 0 Å². The Morgan fingerprint density at radius 1 is 0.269 bits per heavy atom. The lowest BCUT2D eigenvalue weighted by Crippen LogP contribution is -2.14. The second-order valence-electron chi connectivity index (χ2n) is 16.1. The van der Waals surface area contributed by atoms with E-state index in [1.54, 1.807) is 0 Å². The maximum Gasteiger partial charge on any atom is 0.0159 e. The third kappa shape index (κ3) is 3.93. The van der Waals surface area contributed by atoms with Gasteiger partial charge in [-0.25, -0.2) is 0 Å². The molecule has 246 valence electrons. The monoisotopic (exact) mass is 662 g/mol. The van der Waals surface area contributed by atoms with Crippen molar-refractivity contribution in [1.29, 1.82) is 0 Å². The first-order valence-corrected chi connectivity index (χ1v) is 18.6. The molecule has 0 saturated heterocycles. The van der Waals surface area contributed by atoms with E-state index in [2.05, 4.69) is 185 Å². The van der Waals surface area contributed by atoms with Gasteiger partial charge in [0.05, 0.1) is 0 Å². The minimum atomic E-state index is -0.0789. The van der Waals surface area contributed by atoms with Gasteiger partial charge in [0.1, 0.15) is 0 Å². The van der Waals surface area contributed by atoms with E-state index in [1.807, 2.05) is 0 Å². The summed E-state index contributed by atoms with van der Waals surface area (Å²) in [6.45, 7) is 9.56. The van der Waals surface area contributed by atoms with Gasteiger partial charge in [-0.3, -0.25) is 0 Å². The van der Waals surface area contributed by atoms with Crippen LogP contribution in [-0.4, -0.2) is 0 Å². The predicted molar refractivity (Wildman–Crippen MR) is 222 cm³/mol. The van der Waals surface area contributed by atoms with E-state index >= 15 is 0 Å². The highest BCUT2D eigenvalue weighted by atomic mass is 14.4. The molecule has 0 saturated carbocycles. The fraction of sp³-hybridized carbons (Fsp3) is 0.115. The number of benzene rings is 9. The Morgan fingerprint density at radius 2 is 0.673 bits per heavy atom. The zero-order valence-electron chi connectivity index (χ0n) is 30.0. The summed E-state index contributed by atoms with van der Waals surface area (Å²) in [5.41, 5.74) is 16.0. The lowest BCUT2D eigenvalue weighted by molar-refractivity contribution is 0.661. The molecule has 0 atom stereocenters. The molecular formula is C52H38. The first-order chi connectivity index (χ1) is 25.3. The summed E-state index contributed by atoms with van der Waals surface area (Å²) >= 11 is 0. The third-order valence-electron chi connectivity index (χ3n) is 12.6. The van der Waals surface area contributed by atoms with Gasteiger partial charge >= 0.3 is 0 Å². The Morgan fingerprint density at radius 3 is 1.12 bits per heavy atom. The molecule has 0 nitrogen and oxygen atoms in total. The average molecular weight is 663 g/mol. The molecule has 9 aromatic rings. The minimum absolute atomic E-state index is 0.0789. The van der Waals surface area contributed by atoms with E-state index in [1.165, 1.54) is 110 Å². The largest absolute Gasteiger partial charge is 0.0622 e. The zero-order chi connectivity index (χ0) is 34.9. The maximum atomic E-state index is 2.53. The minimum Gasteiger partial charge on any atom is -0.0622 e. The molecule has 52 heavy (non-hydrogen) atoms. The van der Waals surface area contributed by atoms with Crippen LogP contribution in [0.4, 0.5) is 0 Å². The smallest absolute Gasteiger partial charge is 0.0159 e. The van der Waals surface area contributed by atoms with Crippen LogP contribution in [0.3, 0.4) is 0 Å². The van der Waals surface area contributed by atoms with Crippen molar-refractivity contribution in [2.75, 3.05) is 0 Å². The first-order valence-electron chi connectivity index (χ1n) is 18.6. The number of fused-ring (bicyclic) bond motifs is 12. The summed E-state index contributed by atoms with van der Waals surface area (Å²) in [4.78, 5) is 0. The van der Waals surface area contributed by atoms with Crippen LogP contribution in [0.2, 0.25) is 0 Å². The van der Waals surface area contributed by atoms with Gasteiger partial charge in [0, 0.05) is 10.8 Å². The fourth-order valence-electron chi connectivity index (χ4n) is 9.91. The Bertz CT molecular complexity index is 2780. The van der Waals surface area contributed by atoms with Crippen LogP contribution in [0.5, 0.6) is 0 Å². The zero-order valence-corrected chi connectivity index (χ0v) is 30.0. The molecule has 0 radical (unpaired) electrons. The second kappa shape index (κ2) is 10.3. The molecule has 0 fully saturated rings. The molecule has 9 aromatic carbocycles. The normalized spacial score (nSPS) is 14.8. The van der Waals surface area contributed by atoms with E-state index in [4.69, 9.17) is 0 Å². The number of rotatable bonds is 2. The van der Waals surface area contributed by atoms with Crippen LogP contribution in [0.15, 0.2) is 158 Å². The van der Waals surface area contributed by atoms with Crippen molar-refractivity contribution in [1.82, 2.24) is 0 Å². The van der Waals surface area contributed by atoms with Gasteiger partial charge in [0.25, 0.3) is 0 Å². The quantitative estimate of drug-likeness (QED) is 0.128. The van der Waals surface area contributed by atoms with Gasteiger partial charge in [-0.2, -0.15) is 0 Å². The average Bonchev–Trinajstić information content (AvgIpc) is 3.54. The number of hydrogen-bond donors (Lipinski definition) is 0. The second-order valence-corrected chi connectivity index (χ2v) is 16.1. The third-order valence-corrected chi connectivity index (χ3v) is 12.6. The Labute approximate surface area is 305 Å². The molecule has 0 heteroatoms. The van der Waals surface area contributed by atoms with Crippen molar-refractivity contribution < 1.29 is 0 Å². The van der Waals surface area contributed by atoms with Gasteiger partial charge in [-0.15, -0.1) is 0 Å². The van der Waals surface area contributed by atoms with Crippen molar-refractivity contribution in [3.8, 4) is 44.5 Å². The summed E-state index contributed by atoms with van der Waals surface area (Å²) in [6.07, 6.45) is 0. The Hall–Kier alpha value is -5.98. The van der Waals surface area contributed by atoms with E-state index in [-0.39, 0.29) is 10.8 Å². The lowest BCUT2D eigenvalue weighted by atomic mass is 9.80. The molecule has 2 aliphatic carbocycles. The van der Waals surface area contributed by atoms with Gasteiger partial charge in [0.2, 0.25) is 0 Å². The summed E-state index contributed by atoms with van der Waals surface area (Å²) in [7, 11) is 0. The molecule has 0 amide bonds. The van der Waals surface area contributed by atoms with Crippen molar-refractivity contribution in [2.24, 2.45) is 0 Å². The lowest BCUT2D eigenvalue weighted by Gasteiger charge is -2.23. The Balaban J connectivity index is 1.29. The maximum absolute atomic E-state index is 2.53. The van der Waals surface area contributed by atoms with Crippen LogP contribution in [0.25, 0.3) is 87.6 Å². The Kier molecular flexibility index (Phi) is 5.89. The van der Waals surface area contributed by atoms with E-state index in [9.17, 15) is 0 Å².